The van der Waals surface area contributed by atoms with Crippen molar-refractivity contribution in [2.45, 2.75) is 44.7 Å². The van der Waals surface area contributed by atoms with Crippen LogP contribution in [-0.4, -0.2) is 51.2 Å². The van der Waals surface area contributed by atoms with Crippen LogP contribution in [0.4, 0.5) is 4.79 Å². The highest BCUT2D eigenvalue weighted by molar-refractivity contribution is 7.99. The van der Waals surface area contributed by atoms with Crippen LogP contribution in [0.25, 0.3) is 0 Å². The van der Waals surface area contributed by atoms with Gasteiger partial charge in [-0.15, -0.1) is 11.8 Å². The molecule has 1 saturated heterocycles. The zero-order valence-corrected chi connectivity index (χ0v) is 15.5. The maximum atomic E-state index is 12.6. The van der Waals surface area contributed by atoms with Gasteiger partial charge in [0.05, 0.1) is 6.61 Å². The predicted octanol–water partition coefficient (Wildman–Crippen LogP) is 3.23. The zero-order valence-electron chi connectivity index (χ0n) is 14.7. The molecular formula is C17H23NO6S. The number of carboxylic acids is 1. The monoisotopic (exact) mass is 369 g/mol. The summed E-state index contributed by atoms with van der Waals surface area (Å²) in [4.78, 5) is 25.4. The molecule has 0 radical (unpaired) electrons. The molecule has 1 amide bonds. The zero-order chi connectivity index (χ0) is 18.8. The van der Waals surface area contributed by atoms with Crippen LogP contribution in [0.3, 0.4) is 0 Å². The Balaban J connectivity index is 2.36. The summed E-state index contributed by atoms with van der Waals surface area (Å²) in [6.45, 7) is 7.36. The van der Waals surface area contributed by atoms with Crippen LogP contribution in [0.15, 0.2) is 18.2 Å². The molecule has 1 fully saturated rings. The maximum Gasteiger partial charge on any atom is 0.412 e. The minimum atomic E-state index is -1.08. The van der Waals surface area contributed by atoms with Gasteiger partial charge < -0.3 is 19.7 Å². The molecule has 2 atom stereocenters. The second-order valence-electron chi connectivity index (χ2n) is 6.59. The third-order valence-corrected chi connectivity index (χ3v) is 4.78. The van der Waals surface area contributed by atoms with Crippen LogP contribution >= 0.6 is 11.8 Å². The fourth-order valence-electron chi connectivity index (χ4n) is 2.45. The quantitative estimate of drug-likeness (QED) is 0.841. The van der Waals surface area contributed by atoms with Gasteiger partial charge >= 0.3 is 12.1 Å². The summed E-state index contributed by atoms with van der Waals surface area (Å²) < 4.78 is 10.8. The molecule has 1 aromatic rings. The van der Waals surface area contributed by atoms with Crippen molar-refractivity contribution in [3.05, 3.63) is 23.8 Å². The molecule has 1 aliphatic heterocycles. The molecule has 1 heterocycles. The summed E-state index contributed by atoms with van der Waals surface area (Å²) in [5.74, 6) is -0.537. The van der Waals surface area contributed by atoms with E-state index in [0.717, 1.165) is 0 Å². The molecule has 7 nitrogen and oxygen atoms in total. The number of thioether (sulfide) groups is 1. The lowest BCUT2D eigenvalue weighted by Gasteiger charge is -2.30. The number of amides is 1. The number of phenols is 1. The van der Waals surface area contributed by atoms with Crippen LogP contribution in [0.1, 0.15) is 38.6 Å². The Morgan fingerprint density at radius 3 is 2.60 bits per heavy atom. The Labute approximate surface area is 150 Å². The molecule has 2 N–H and O–H groups in total. The Hall–Kier alpha value is -2.09. The number of benzene rings is 1. The summed E-state index contributed by atoms with van der Waals surface area (Å²) in [6, 6.07) is 3.77. The van der Waals surface area contributed by atoms with Gasteiger partial charge in [-0.3, -0.25) is 4.90 Å². The molecule has 0 spiro atoms. The number of carbonyl (C=O) groups excluding carboxylic acids is 1. The molecule has 1 aromatic carbocycles. The highest BCUT2D eigenvalue weighted by Crippen LogP contribution is 2.44. The number of aromatic hydroxyl groups is 1. The van der Waals surface area contributed by atoms with Gasteiger partial charge in [0, 0.05) is 5.75 Å². The minimum absolute atomic E-state index is 0.00722. The molecule has 0 bridgehead atoms. The number of carbonyl (C=O) groups is 2. The lowest BCUT2D eigenvalue weighted by atomic mass is 10.1. The second kappa shape index (κ2) is 7.43. The third-order valence-electron chi connectivity index (χ3n) is 3.46. The average molecular weight is 369 g/mol. The Morgan fingerprint density at radius 2 is 2.04 bits per heavy atom. The van der Waals surface area contributed by atoms with Crippen molar-refractivity contribution in [2.24, 2.45) is 0 Å². The van der Waals surface area contributed by atoms with E-state index >= 15 is 0 Å². The van der Waals surface area contributed by atoms with Crippen molar-refractivity contribution in [3.8, 4) is 11.5 Å². The number of ether oxygens (including phenoxy) is 2. The maximum absolute atomic E-state index is 12.6. The predicted molar refractivity (Wildman–Crippen MR) is 94.0 cm³/mol. The van der Waals surface area contributed by atoms with E-state index in [2.05, 4.69) is 0 Å². The summed E-state index contributed by atoms with van der Waals surface area (Å²) >= 11 is 1.33. The third kappa shape index (κ3) is 4.50. The Bertz CT molecular complexity index is 657. The standard InChI is InChI=1S/C17H23NO6S/c1-5-23-13-8-10(6-7-12(13)19)14-18(11(9-25-14)15(20)21)16(22)24-17(2,3)4/h6-8,11,14,19H,5,9H2,1-4H3,(H,20,21). The smallest absolute Gasteiger partial charge is 0.412 e. The number of phenolic OH excluding ortho intramolecular Hbond substituents is 1. The fourth-order valence-corrected chi connectivity index (χ4v) is 3.85. The first-order valence-electron chi connectivity index (χ1n) is 7.95. The highest BCUT2D eigenvalue weighted by atomic mass is 32.2. The van der Waals surface area contributed by atoms with Crippen molar-refractivity contribution in [1.82, 2.24) is 4.90 Å². The lowest BCUT2D eigenvalue weighted by Crippen LogP contribution is -2.45. The van der Waals surface area contributed by atoms with Crippen molar-refractivity contribution < 1.29 is 29.3 Å². The molecular weight excluding hydrogens is 346 g/mol. The van der Waals surface area contributed by atoms with Crippen molar-refractivity contribution in [2.75, 3.05) is 12.4 Å². The molecule has 1 aliphatic rings. The van der Waals surface area contributed by atoms with E-state index in [1.54, 1.807) is 39.8 Å². The summed E-state index contributed by atoms with van der Waals surface area (Å²) in [5.41, 5.74) is -0.0653. The number of rotatable bonds is 4. The molecule has 138 valence electrons. The minimum Gasteiger partial charge on any atom is -0.504 e. The van der Waals surface area contributed by atoms with Crippen LogP contribution in [0.2, 0.25) is 0 Å². The number of carboxylic acid groups (broad SMARTS) is 1. The molecule has 0 saturated carbocycles. The average Bonchev–Trinajstić information content (AvgIpc) is 2.93. The van der Waals surface area contributed by atoms with Crippen molar-refractivity contribution in [3.63, 3.8) is 0 Å². The summed E-state index contributed by atoms with van der Waals surface area (Å²) in [5, 5.41) is 18.8. The van der Waals surface area contributed by atoms with E-state index < -0.39 is 29.1 Å². The van der Waals surface area contributed by atoms with E-state index in [1.165, 1.54) is 22.7 Å². The fraction of sp³-hybridized carbons (Fsp3) is 0.529. The first-order valence-corrected chi connectivity index (χ1v) is 9.00. The highest BCUT2D eigenvalue weighted by Gasteiger charge is 2.44. The molecule has 0 aliphatic carbocycles. The van der Waals surface area contributed by atoms with Crippen molar-refractivity contribution >= 4 is 23.8 Å². The topological polar surface area (TPSA) is 96.3 Å². The summed E-state index contributed by atoms with van der Waals surface area (Å²) in [6.07, 6.45) is -0.680. The normalized spacial score (nSPS) is 20.4. The van der Waals surface area contributed by atoms with E-state index in [1.807, 2.05) is 0 Å². The van der Waals surface area contributed by atoms with Crippen molar-refractivity contribution in [1.29, 1.82) is 0 Å². The van der Waals surface area contributed by atoms with Gasteiger partial charge in [-0.2, -0.15) is 0 Å². The molecule has 2 unspecified atom stereocenters. The Kier molecular flexibility index (Phi) is 5.72. The number of hydrogen-bond donors (Lipinski definition) is 2. The van der Waals surface area contributed by atoms with Gasteiger partial charge in [0.25, 0.3) is 0 Å². The van der Waals surface area contributed by atoms with E-state index in [-0.39, 0.29) is 11.5 Å². The van der Waals surface area contributed by atoms with Gasteiger partial charge in [0.15, 0.2) is 11.5 Å². The van der Waals surface area contributed by atoms with Gasteiger partial charge in [0.1, 0.15) is 17.0 Å². The first-order chi connectivity index (χ1) is 11.6. The molecule has 25 heavy (non-hydrogen) atoms. The largest absolute Gasteiger partial charge is 0.504 e. The van der Waals surface area contributed by atoms with Crippen LogP contribution in [0.5, 0.6) is 11.5 Å². The first kappa shape index (κ1) is 19.2. The van der Waals surface area contributed by atoms with Gasteiger partial charge in [0.2, 0.25) is 0 Å². The lowest BCUT2D eigenvalue weighted by molar-refractivity contribution is -0.142. The number of nitrogens with zero attached hydrogens (tertiary/aromatic N) is 1. The van der Waals surface area contributed by atoms with Crippen LogP contribution in [-0.2, 0) is 9.53 Å². The van der Waals surface area contributed by atoms with E-state index in [4.69, 9.17) is 9.47 Å². The van der Waals surface area contributed by atoms with E-state index in [9.17, 15) is 19.8 Å². The number of hydrogen-bond acceptors (Lipinski definition) is 6. The molecule has 0 aromatic heterocycles. The van der Waals surface area contributed by atoms with Gasteiger partial charge in [-0.05, 0) is 45.4 Å². The van der Waals surface area contributed by atoms with E-state index in [0.29, 0.717) is 17.9 Å². The Morgan fingerprint density at radius 1 is 1.36 bits per heavy atom. The SMILES string of the molecule is CCOc1cc(C2SCC(C(=O)O)N2C(=O)OC(C)(C)C)ccc1O. The van der Waals surface area contributed by atoms with Crippen LogP contribution < -0.4 is 4.74 Å². The van der Waals surface area contributed by atoms with Gasteiger partial charge in [-0.1, -0.05) is 6.07 Å². The number of aliphatic carboxylic acids is 1. The molecule has 8 heteroatoms. The van der Waals surface area contributed by atoms with Crippen LogP contribution in [0, 0.1) is 0 Å². The summed E-state index contributed by atoms with van der Waals surface area (Å²) in [7, 11) is 0. The van der Waals surface area contributed by atoms with Gasteiger partial charge in [-0.25, -0.2) is 9.59 Å². The second-order valence-corrected chi connectivity index (χ2v) is 7.70. The molecule has 2 rings (SSSR count).